The molecule has 80 valence electrons. The first kappa shape index (κ1) is 10.9. The fourth-order valence-corrected chi connectivity index (χ4v) is 0.948. The van der Waals surface area contributed by atoms with Crippen LogP contribution in [0, 0.1) is 6.92 Å². The van der Waals surface area contributed by atoms with Crippen molar-refractivity contribution < 1.29 is 22.0 Å². The number of nitrogens with zero attached hydrogens (tertiary/aromatic N) is 1. The number of hydrogen-bond acceptors (Lipinski definition) is 1. The molecule has 1 aromatic heterocycles. The van der Waals surface area contributed by atoms with Crippen molar-refractivity contribution in [3.8, 4) is 0 Å². The van der Waals surface area contributed by atoms with Gasteiger partial charge in [-0.3, -0.25) is 5.10 Å². The average Bonchev–Trinajstić information content (AvgIpc) is 2.47. The molecule has 2 unspecified atom stereocenters. The van der Waals surface area contributed by atoms with Crippen LogP contribution in [-0.2, 0) is 0 Å². The highest BCUT2D eigenvalue weighted by Crippen LogP contribution is 2.35. The van der Waals surface area contributed by atoms with Gasteiger partial charge in [-0.2, -0.15) is 18.3 Å². The van der Waals surface area contributed by atoms with Gasteiger partial charge in [-0.15, -0.1) is 0 Å². The average molecular weight is 214 g/mol. The highest BCUT2D eigenvalue weighted by molar-refractivity contribution is 5.18. The Kier molecular flexibility index (Phi) is 2.77. The van der Waals surface area contributed by atoms with Crippen LogP contribution < -0.4 is 0 Å². The minimum atomic E-state index is -5.20. The van der Waals surface area contributed by atoms with Crippen LogP contribution in [0.15, 0.2) is 6.20 Å². The summed E-state index contributed by atoms with van der Waals surface area (Å²) in [7, 11) is 0. The molecule has 1 rings (SSSR count). The molecule has 0 saturated carbocycles. The van der Waals surface area contributed by atoms with E-state index in [4.69, 9.17) is 0 Å². The number of H-pyrrole nitrogens is 1. The Morgan fingerprint density at radius 2 is 1.93 bits per heavy atom. The highest BCUT2D eigenvalue weighted by Gasteiger charge is 2.47. The van der Waals surface area contributed by atoms with E-state index in [-0.39, 0.29) is 5.56 Å². The van der Waals surface area contributed by atoms with Crippen LogP contribution >= 0.6 is 0 Å². The lowest BCUT2D eigenvalue weighted by atomic mass is 10.1. The Bertz CT molecular complexity index is 305. The molecule has 0 aromatic carbocycles. The van der Waals surface area contributed by atoms with Crippen LogP contribution in [0.2, 0.25) is 0 Å². The first-order valence-electron chi connectivity index (χ1n) is 3.68. The maximum absolute atomic E-state index is 13.0. The summed E-state index contributed by atoms with van der Waals surface area (Å²) in [5, 5.41) is 5.30. The normalized spacial score (nSPS) is 16.7. The van der Waals surface area contributed by atoms with Crippen LogP contribution in [0.4, 0.5) is 22.0 Å². The summed E-state index contributed by atoms with van der Waals surface area (Å²) in [5.41, 5.74) is -0.320. The zero-order chi connectivity index (χ0) is 10.9. The van der Waals surface area contributed by atoms with Crippen molar-refractivity contribution in [2.24, 2.45) is 0 Å². The van der Waals surface area contributed by atoms with Gasteiger partial charge in [0.15, 0.2) is 6.17 Å². The highest BCUT2D eigenvalue weighted by atomic mass is 19.4. The van der Waals surface area contributed by atoms with Crippen LogP contribution in [-0.4, -0.2) is 22.5 Å². The molecule has 0 amide bonds. The number of aromatic nitrogens is 2. The first-order valence-corrected chi connectivity index (χ1v) is 3.68. The summed E-state index contributed by atoms with van der Waals surface area (Å²) in [6.45, 7) is 1.34. The Morgan fingerprint density at radius 1 is 1.36 bits per heavy atom. The largest absolute Gasteiger partial charge is 0.422 e. The number of halogens is 5. The zero-order valence-electron chi connectivity index (χ0n) is 7.07. The van der Waals surface area contributed by atoms with Crippen molar-refractivity contribution in [1.29, 1.82) is 0 Å². The van der Waals surface area contributed by atoms with E-state index in [0.29, 0.717) is 0 Å². The van der Waals surface area contributed by atoms with E-state index in [1.807, 2.05) is 5.10 Å². The van der Waals surface area contributed by atoms with Gasteiger partial charge in [-0.1, -0.05) is 0 Å². The summed E-state index contributed by atoms with van der Waals surface area (Å²) in [6, 6.07) is 0. The third-order valence-corrected chi connectivity index (χ3v) is 1.71. The fourth-order valence-electron chi connectivity index (χ4n) is 0.948. The van der Waals surface area contributed by atoms with Gasteiger partial charge in [0.1, 0.15) is 0 Å². The lowest BCUT2D eigenvalue weighted by Crippen LogP contribution is -2.29. The molecule has 7 heteroatoms. The molecule has 1 aromatic rings. The molecule has 0 aliphatic carbocycles. The molecule has 0 saturated heterocycles. The Balaban J connectivity index is 2.86. The van der Waals surface area contributed by atoms with E-state index in [2.05, 4.69) is 5.10 Å². The molecule has 2 atom stereocenters. The predicted octanol–water partition coefficient (Wildman–Crippen LogP) is 2.63. The van der Waals surface area contributed by atoms with Crippen molar-refractivity contribution in [2.75, 3.05) is 0 Å². The summed E-state index contributed by atoms with van der Waals surface area (Å²) < 4.78 is 60.8. The molecule has 14 heavy (non-hydrogen) atoms. The Labute approximate surface area is 76.1 Å². The second kappa shape index (κ2) is 3.55. The second-order valence-corrected chi connectivity index (χ2v) is 2.81. The maximum Gasteiger partial charge on any atom is 0.422 e. The lowest BCUT2D eigenvalue weighted by molar-refractivity contribution is -0.197. The monoisotopic (exact) mass is 214 g/mol. The molecule has 0 fully saturated rings. The number of hydrogen-bond donors (Lipinski definition) is 1. The van der Waals surface area contributed by atoms with Crippen LogP contribution in [0.5, 0.6) is 0 Å². The van der Waals surface area contributed by atoms with E-state index in [0.717, 1.165) is 6.20 Å². The van der Waals surface area contributed by atoms with Gasteiger partial charge in [-0.05, 0) is 12.5 Å². The summed E-state index contributed by atoms with van der Waals surface area (Å²) in [5.74, 6) is 0. The van der Waals surface area contributed by atoms with Gasteiger partial charge in [0.05, 0.1) is 11.9 Å². The fraction of sp³-hybridized carbons (Fsp3) is 0.571. The van der Waals surface area contributed by atoms with Crippen molar-refractivity contribution in [3.63, 3.8) is 0 Å². The summed E-state index contributed by atoms with van der Waals surface area (Å²) in [4.78, 5) is 0. The van der Waals surface area contributed by atoms with Crippen molar-refractivity contribution in [1.82, 2.24) is 10.2 Å². The summed E-state index contributed by atoms with van der Waals surface area (Å²) >= 11 is 0. The van der Waals surface area contributed by atoms with Crippen LogP contribution in [0.1, 0.15) is 17.4 Å². The van der Waals surface area contributed by atoms with Gasteiger partial charge < -0.3 is 0 Å². The van der Waals surface area contributed by atoms with Crippen molar-refractivity contribution >= 4 is 0 Å². The molecule has 1 heterocycles. The number of rotatable bonds is 2. The maximum atomic E-state index is 13.0. The molecular formula is C7H7F5N2. The number of aromatic amines is 1. The van der Waals surface area contributed by atoms with Crippen LogP contribution in [0.3, 0.4) is 0 Å². The molecule has 0 radical (unpaired) electrons. The molecule has 1 N–H and O–H groups in total. The van der Waals surface area contributed by atoms with E-state index >= 15 is 0 Å². The standard InChI is InChI=1S/C7H7F5N2/c1-3-2-13-14-5(3)4(8)6(9)7(10,11)12/h2,4,6H,1H3,(H,13,14). The first-order chi connectivity index (χ1) is 6.34. The van der Waals surface area contributed by atoms with Gasteiger partial charge in [-0.25, -0.2) is 8.78 Å². The van der Waals surface area contributed by atoms with Gasteiger partial charge in [0, 0.05) is 0 Å². The van der Waals surface area contributed by atoms with E-state index in [1.165, 1.54) is 6.92 Å². The van der Waals surface area contributed by atoms with E-state index in [1.54, 1.807) is 0 Å². The van der Waals surface area contributed by atoms with Crippen molar-refractivity contribution in [2.45, 2.75) is 25.4 Å². The minimum absolute atomic E-state index is 0.157. The SMILES string of the molecule is Cc1cn[nH]c1C(F)C(F)C(F)(F)F. The topological polar surface area (TPSA) is 28.7 Å². The molecule has 0 bridgehead atoms. The molecule has 2 nitrogen and oxygen atoms in total. The third-order valence-electron chi connectivity index (χ3n) is 1.71. The van der Waals surface area contributed by atoms with E-state index in [9.17, 15) is 22.0 Å². The molecular weight excluding hydrogens is 207 g/mol. The quantitative estimate of drug-likeness (QED) is 0.753. The van der Waals surface area contributed by atoms with Gasteiger partial charge in [0.25, 0.3) is 0 Å². The second-order valence-electron chi connectivity index (χ2n) is 2.81. The predicted molar refractivity (Wildman–Crippen MR) is 38.1 cm³/mol. The molecule has 0 spiro atoms. The van der Waals surface area contributed by atoms with Gasteiger partial charge in [0.2, 0.25) is 6.17 Å². The third kappa shape index (κ3) is 2.02. The number of alkyl halides is 5. The van der Waals surface area contributed by atoms with Gasteiger partial charge >= 0.3 is 6.18 Å². The molecule has 0 aliphatic heterocycles. The number of nitrogens with one attached hydrogen (secondary N) is 1. The minimum Gasteiger partial charge on any atom is -0.279 e. The zero-order valence-corrected chi connectivity index (χ0v) is 7.07. The van der Waals surface area contributed by atoms with Crippen molar-refractivity contribution in [3.05, 3.63) is 17.5 Å². The molecule has 0 aliphatic rings. The van der Waals surface area contributed by atoms with E-state index < -0.39 is 24.2 Å². The van der Waals surface area contributed by atoms with Crippen LogP contribution in [0.25, 0.3) is 0 Å². The Morgan fingerprint density at radius 3 is 2.29 bits per heavy atom. The smallest absolute Gasteiger partial charge is 0.279 e. The Hall–Kier alpha value is -1.14. The number of aryl methyl sites for hydroxylation is 1. The lowest BCUT2D eigenvalue weighted by Gasteiger charge is -2.15. The summed E-state index contributed by atoms with van der Waals surface area (Å²) in [6.07, 6.45) is -10.3.